The molecule has 17 heavy (non-hydrogen) atoms. The third kappa shape index (κ3) is 1.62. The first-order chi connectivity index (χ1) is 8.00. The number of anilines is 1. The lowest BCUT2D eigenvalue weighted by Crippen LogP contribution is -2.38. The molecule has 2 aromatic rings. The Labute approximate surface area is 94.5 Å². The van der Waals surface area contributed by atoms with Gasteiger partial charge in [0, 0.05) is 12.3 Å². The van der Waals surface area contributed by atoms with E-state index >= 15 is 0 Å². The topological polar surface area (TPSA) is 42.2 Å². The van der Waals surface area contributed by atoms with Crippen LogP contribution in [0.2, 0.25) is 0 Å². The van der Waals surface area contributed by atoms with Gasteiger partial charge in [0.2, 0.25) is 0 Å². The van der Waals surface area contributed by atoms with Crippen molar-refractivity contribution in [3.8, 4) is 0 Å². The molecule has 0 aromatic carbocycles. The van der Waals surface area contributed by atoms with Gasteiger partial charge in [0.15, 0.2) is 5.65 Å². The van der Waals surface area contributed by atoms with Crippen molar-refractivity contribution in [1.82, 2.24) is 14.6 Å². The molecule has 3 rings (SSSR count). The lowest BCUT2D eigenvalue weighted by Gasteiger charge is -2.21. The summed E-state index contributed by atoms with van der Waals surface area (Å²) < 4.78 is 39.7. The Balaban J connectivity index is 1.90. The van der Waals surface area contributed by atoms with E-state index in [4.69, 9.17) is 0 Å². The van der Waals surface area contributed by atoms with Gasteiger partial charge in [-0.3, -0.25) is 0 Å². The molecule has 4 nitrogen and oxygen atoms in total. The number of fused-ring (bicyclic) bond motifs is 1. The predicted molar refractivity (Wildman–Crippen MR) is 54.6 cm³/mol. The van der Waals surface area contributed by atoms with Gasteiger partial charge in [-0.15, -0.1) is 0 Å². The maximum Gasteiger partial charge on any atom is 0.411 e. The minimum atomic E-state index is -4.24. The number of halogens is 3. The van der Waals surface area contributed by atoms with Crippen LogP contribution in [-0.4, -0.2) is 26.3 Å². The number of alkyl halides is 3. The van der Waals surface area contributed by atoms with Crippen LogP contribution in [0.1, 0.15) is 12.8 Å². The lowest BCUT2D eigenvalue weighted by atomic mass is 10.2. The highest BCUT2D eigenvalue weighted by Crippen LogP contribution is 2.50. The fourth-order valence-electron chi connectivity index (χ4n) is 1.73. The highest BCUT2D eigenvalue weighted by molar-refractivity contribution is 5.48. The van der Waals surface area contributed by atoms with Gasteiger partial charge in [-0.25, -0.2) is 9.50 Å². The minimum Gasteiger partial charge on any atom is -0.356 e. The monoisotopic (exact) mass is 242 g/mol. The van der Waals surface area contributed by atoms with Crippen LogP contribution in [0.5, 0.6) is 0 Å². The standard InChI is InChI=1S/C10H9F3N4/c11-10(12,13)9(3-4-9)16-7-2-6-17-8(15-7)1-5-14-17/h1-2,5-6H,3-4H2,(H,15,16). The number of hydrogen-bond acceptors (Lipinski definition) is 3. The maximum atomic E-state index is 12.7. The van der Waals surface area contributed by atoms with Crippen molar-refractivity contribution < 1.29 is 13.2 Å². The quantitative estimate of drug-likeness (QED) is 0.878. The second-order valence-electron chi connectivity index (χ2n) is 4.15. The summed E-state index contributed by atoms with van der Waals surface area (Å²) in [5.74, 6) is 0.229. The largest absolute Gasteiger partial charge is 0.411 e. The average Bonchev–Trinajstić information content (AvgIpc) is 2.90. The van der Waals surface area contributed by atoms with E-state index in [1.165, 1.54) is 10.6 Å². The van der Waals surface area contributed by atoms with Gasteiger partial charge in [-0.2, -0.15) is 18.3 Å². The molecule has 1 fully saturated rings. The summed E-state index contributed by atoms with van der Waals surface area (Å²) in [4.78, 5) is 4.06. The molecule has 7 heteroatoms. The molecule has 0 radical (unpaired) electrons. The summed E-state index contributed by atoms with van der Waals surface area (Å²) >= 11 is 0. The zero-order chi connectivity index (χ0) is 12.1. The SMILES string of the molecule is FC(F)(F)C1(Nc2ccn3nccc3n2)CC1. The number of aromatic nitrogens is 3. The fourth-order valence-corrected chi connectivity index (χ4v) is 1.73. The zero-order valence-electron chi connectivity index (χ0n) is 8.70. The van der Waals surface area contributed by atoms with Crippen LogP contribution in [0, 0.1) is 0 Å². The van der Waals surface area contributed by atoms with Crippen molar-refractivity contribution in [3.63, 3.8) is 0 Å². The smallest absolute Gasteiger partial charge is 0.356 e. The molecule has 1 aliphatic rings. The molecule has 0 amide bonds. The Kier molecular flexibility index (Phi) is 1.90. The van der Waals surface area contributed by atoms with Crippen LogP contribution in [-0.2, 0) is 0 Å². The number of nitrogens with one attached hydrogen (secondary N) is 1. The highest BCUT2D eigenvalue weighted by atomic mass is 19.4. The molecular formula is C10H9F3N4. The van der Waals surface area contributed by atoms with E-state index in [0.29, 0.717) is 5.65 Å². The third-order valence-corrected chi connectivity index (χ3v) is 2.92. The zero-order valence-corrected chi connectivity index (χ0v) is 8.70. The second-order valence-corrected chi connectivity index (χ2v) is 4.15. The summed E-state index contributed by atoms with van der Waals surface area (Å²) in [6, 6.07) is 3.13. The van der Waals surface area contributed by atoms with Crippen molar-refractivity contribution in [1.29, 1.82) is 0 Å². The molecule has 2 aromatic heterocycles. The summed E-state index contributed by atoms with van der Waals surface area (Å²) in [6.45, 7) is 0. The predicted octanol–water partition coefficient (Wildman–Crippen LogP) is 2.24. The van der Waals surface area contributed by atoms with Crippen molar-refractivity contribution in [2.24, 2.45) is 0 Å². The highest BCUT2D eigenvalue weighted by Gasteiger charge is 2.63. The van der Waals surface area contributed by atoms with Crippen LogP contribution in [0.3, 0.4) is 0 Å². The van der Waals surface area contributed by atoms with E-state index in [-0.39, 0.29) is 18.7 Å². The Hall–Kier alpha value is -1.79. The summed E-state index contributed by atoms with van der Waals surface area (Å²) in [5, 5.41) is 6.40. The van der Waals surface area contributed by atoms with Crippen molar-refractivity contribution in [2.45, 2.75) is 24.6 Å². The molecule has 2 heterocycles. The van der Waals surface area contributed by atoms with Gasteiger partial charge in [0.25, 0.3) is 0 Å². The first-order valence-electron chi connectivity index (χ1n) is 5.16. The first kappa shape index (κ1) is 10.4. The van der Waals surface area contributed by atoms with Gasteiger partial charge < -0.3 is 5.32 Å². The average molecular weight is 242 g/mol. The van der Waals surface area contributed by atoms with Crippen LogP contribution in [0.25, 0.3) is 5.65 Å². The van der Waals surface area contributed by atoms with E-state index < -0.39 is 11.7 Å². The van der Waals surface area contributed by atoms with Crippen molar-refractivity contribution >= 4 is 11.5 Å². The minimum absolute atomic E-state index is 0.0998. The molecule has 90 valence electrons. The second kappa shape index (κ2) is 3.12. The molecule has 0 spiro atoms. The van der Waals surface area contributed by atoms with Crippen LogP contribution < -0.4 is 5.32 Å². The van der Waals surface area contributed by atoms with Crippen molar-refractivity contribution in [2.75, 3.05) is 5.32 Å². The fraction of sp³-hybridized carbons (Fsp3) is 0.400. The van der Waals surface area contributed by atoms with E-state index in [9.17, 15) is 13.2 Å². The van der Waals surface area contributed by atoms with Crippen molar-refractivity contribution in [3.05, 3.63) is 24.5 Å². The van der Waals surface area contributed by atoms with Crippen LogP contribution in [0.15, 0.2) is 24.5 Å². The molecule has 1 aliphatic carbocycles. The maximum absolute atomic E-state index is 12.7. The molecule has 0 aliphatic heterocycles. The lowest BCUT2D eigenvalue weighted by molar-refractivity contribution is -0.151. The van der Waals surface area contributed by atoms with Gasteiger partial charge in [0.1, 0.15) is 11.4 Å². The number of nitrogens with zero attached hydrogens (tertiary/aromatic N) is 3. The molecule has 0 saturated heterocycles. The van der Waals surface area contributed by atoms with E-state index in [2.05, 4.69) is 15.4 Å². The molecule has 0 unspecified atom stereocenters. The van der Waals surface area contributed by atoms with Gasteiger partial charge >= 0.3 is 6.18 Å². The Morgan fingerprint density at radius 3 is 2.71 bits per heavy atom. The third-order valence-electron chi connectivity index (χ3n) is 2.92. The molecule has 1 N–H and O–H groups in total. The van der Waals surface area contributed by atoms with E-state index in [1.54, 1.807) is 18.5 Å². The molecule has 0 atom stereocenters. The van der Waals surface area contributed by atoms with Crippen LogP contribution in [0.4, 0.5) is 19.0 Å². The summed E-state index contributed by atoms with van der Waals surface area (Å²) in [5.41, 5.74) is -1.26. The summed E-state index contributed by atoms with van der Waals surface area (Å²) in [7, 11) is 0. The normalized spacial score (nSPS) is 18.3. The van der Waals surface area contributed by atoms with E-state index in [0.717, 1.165) is 0 Å². The Morgan fingerprint density at radius 2 is 2.06 bits per heavy atom. The van der Waals surface area contributed by atoms with Gasteiger partial charge in [-0.05, 0) is 18.9 Å². The molecule has 1 saturated carbocycles. The molecule has 0 bridgehead atoms. The van der Waals surface area contributed by atoms with Gasteiger partial charge in [-0.1, -0.05) is 0 Å². The first-order valence-corrected chi connectivity index (χ1v) is 5.16. The Morgan fingerprint density at radius 1 is 1.29 bits per heavy atom. The van der Waals surface area contributed by atoms with Gasteiger partial charge in [0.05, 0.1) is 6.20 Å². The number of hydrogen-bond donors (Lipinski definition) is 1. The van der Waals surface area contributed by atoms with E-state index in [1.807, 2.05) is 0 Å². The molecular weight excluding hydrogens is 233 g/mol. The number of rotatable bonds is 2. The Bertz CT molecular complexity index is 556. The summed E-state index contributed by atoms with van der Waals surface area (Å²) in [6.07, 6.45) is -0.911. The van der Waals surface area contributed by atoms with Crippen LogP contribution >= 0.6 is 0 Å².